The van der Waals surface area contributed by atoms with Crippen molar-refractivity contribution in [1.82, 2.24) is 0 Å². The van der Waals surface area contributed by atoms with Crippen molar-refractivity contribution in [2.45, 2.75) is 18.4 Å². The van der Waals surface area contributed by atoms with Crippen molar-refractivity contribution in [3.05, 3.63) is 12.7 Å². The third-order valence-electron chi connectivity index (χ3n) is 4.07. The second-order valence-corrected chi connectivity index (χ2v) is 7.70. The van der Waals surface area contributed by atoms with E-state index in [1.165, 1.54) is 12.8 Å². The molecule has 2 aliphatic carbocycles. The second-order valence-electron chi connectivity index (χ2n) is 4.53. The van der Waals surface area contributed by atoms with Crippen LogP contribution in [0.1, 0.15) is 12.8 Å². The number of fused-ring (bicyclic) bond motifs is 1. The molecule has 0 amide bonds. The Hall–Kier alpha value is -0.163. The lowest BCUT2D eigenvalue weighted by Crippen LogP contribution is -2.49. The van der Waals surface area contributed by atoms with Crippen LogP contribution in [0.3, 0.4) is 0 Å². The Balaban J connectivity index is 2.17. The number of rotatable bonds is 5. The van der Waals surface area contributed by atoms with Crippen LogP contribution < -0.4 is 0 Å². The third kappa shape index (κ3) is 1.60. The van der Waals surface area contributed by atoms with Gasteiger partial charge in [-0.3, -0.25) is 0 Å². The van der Waals surface area contributed by atoms with Gasteiger partial charge in [0.2, 0.25) is 0 Å². The summed E-state index contributed by atoms with van der Waals surface area (Å²) in [5.41, 5.74) is 0.416. The predicted octanol–water partition coefficient (Wildman–Crippen LogP) is 2.08. The normalized spacial score (nSPS) is 38.9. The molecule has 0 aromatic heterocycles. The van der Waals surface area contributed by atoms with Crippen LogP contribution in [-0.4, -0.2) is 30.1 Å². The molecule has 86 valence electrons. The van der Waals surface area contributed by atoms with Crippen molar-refractivity contribution in [3.8, 4) is 0 Å². The van der Waals surface area contributed by atoms with Crippen molar-refractivity contribution < 1.29 is 13.3 Å². The first-order chi connectivity index (χ1) is 7.22. The SMILES string of the molecule is C=CC1C2CC2CC1[Si](OC)(OC)OC. The smallest absolute Gasteiger partial charge is 0.377 e. The molecule has 0 aromatic rings. The molecule has 0 aromatic carbocycles. The zero-order valence-electron chi connectivity index (χ0n) is 9.73. The molecule has 0 bridgehead atoms. The molecule has 0 saturated heterocycles. The Bertz CT molecular complexity index is 244. The lowest BCUT2D eigenvalue weighted by atomic mass is 10.0. The van der Waals surface area contributed by atoms with E-state index in [1.54, 1.807) is 21.3 Å². The van der Waals surface area contributed by atoms with E-state index in [-0.39, 0.29) is 0 Å². The number of allylic oxidation sites excluding steroid dienone is 1. The third-order valence-corrected chi connectivity index (χ3v) is 7.31. The van der Waals surface area contributed by atoms with Crippen molar-refractivity contribution in [2.75, 3.05) is 21.3 Å². The summed E-state index contributed by atoms with van der Waals surface area (Å²) in [6, 6.07) is 0. The van der Waals surface area contributed by atoms with Gasteiger partial charge in [-0.15, -0.1) is 6.58 Å². The Morgan fingerprint density at radius 3 is 2.20 bits per heavy atom. The van der Waals surface area contributed by atoms with Gasteiger partial charge in [0, 0.05) is 26.9 Å². The fourth-order valence-corrected chi connectivity index (χ4v) is 6.07. The highest BCUT2D eigenvalue weighted by Crippen LogP contribution is 2.63. The highest BCUT2D eigenvalue weighted by Gasteiger charge is 2.62. The minimum absolute atomic E-state index is 0.416. The zero-order chi connectivity index (χ0) is 11.1. The molecule has 2 aliphatic rings. The van der Waals surface area contributed by atoms with E-state index >= 15 is 0 Å². The molecular formula is C11H20O3Si. The van der Waals surface area contributed by atoms with E-state index in [2.05, 4.69) is 12.7 Å². The summed E-state index contributed by atoms with van der Waals surface area (Å²) in [6.07, 6.45) is 4.61. The van der Waals surface area contributed by atoms with Crippen LogP contribution in [-0.2, 0) is 13.3 Å². The molecule has 0 N–H and O–H groups in total. The largest absolute Gasteiger partial charge is 0.504 e. The second kappa shape index (κ2) is 4.01. The first-order valence-corrected chi connectivity index (χ1v) is 7.30. The Labute approximate surface area is 92.8 Å². The van der Waals surface area contributed by atoms with Crippen LogP contribution >= 0.6 is 0 Å². The summed E-state index contributed by atoms with van der Waals surface area (Å²) >= 11 is 0. The van der Waals surface area contributed by atoms with Crippen LogP contribution in [0.4, 0.5) is 0 Å². The van der Waals surface area contributed by atoms with Gasteiger partial charge in [0.25, 0.3) is 0 Å². The van der Waals surface area contributed by atoms with Crippen molar-refractivity contribution in [2.24, 2.45) is 17.8 Å². The Kier molecular flexibility index (Phi) is 3.03. The maximum atomic E-state index is 5.57. The summed E-state index contributed by atoms with van der Waals surface area (Å²) in [5.74, 6) is 2.21. The molecule has 4 heteroatoms. The summed E-state index contributed by atoms with van der Waals surface area (Å²) in [6.45, 7) is 3.94. The first kappa shape index (κ1) is 11.3. The minimum atomic E-state index is -2.45. The van der Waals surface area contributed by atoms with Gasteiger partial charge >= 0.3 is 8.80 Å². The average Bonchev–Trinajstić information content (AvgIpc) is 2.95. The van der Waals surface area contributed by atoms with Gasteiger partial charge in [-0.05, 0) is 30.6 Å². The predicted molar refractivity (Wildman–Crippen MR) is 60.4 cm³/mol. The Morgan fingerprint density at radius 1 is 1.13 bits per heavy atom. The first-order valence-electron chi connectivity index (χ1n) is 5.50. The molecule has 4 atom stereocenters. The number of hydrogen-bond donors (Lipinski definition) is 0. The van der Waals surface area contributed by atoms with Crippen LogP contribution in [0.2, 0.25) is 5.54 Å². The lowest BCUT2D eigenvalue weighted by Gasteiger charge is -2.33. The molecule has 0 radical (unpaired) electrons. The average molecular weight is 228 g/mol. The summed E-state index contributed by atoms with van der Waals surface area (Å²) in [5, 5.41) is 0. The van der Waals surface area contributed by atoms with E-state index in [0.717, 1.165) is 11.8 Å². The summed E-state index contributed by atoms with van der Waals surface area (Å²) < 4.78 is 16.7. The topological polar surface area (TPSA) is 27.7 Å². The minimum Gasteiger partial charge on any atom is -0.377 e. The van der Waals surface area contributed by atoms with Crippen LogP contribution in [0.15, 0.2) is 12.7 Å². The van der Waals surface area contributed by atoms with E-state index < -0.39 is 8.80 Å². The zero-order valence-corrected chi connectivity index (χ0v) is 10.7. The van der Waals surface area contributed by atoms with Gasteiger partial charge in [0.1, 0.15) is 0 Å². The van der Waals surface area contributed by atoms with E-state index in [1.807, 2.05) is 0 Å². The lowest BCUT2D eigenvalue weighted by molar-refractivity contribution is 0.105. The fourth-order valence-electron chi connectivity index (χ4n) is 3.22. The maximum Gasteiger partial charge on any atom is 0.504 e. The van der Waals surface area contributed by atoms with Crippen LogP contribution in [0.5, 0.6) is 0 Å². The quantitative estimate of drug-likeness (QED) is 0.532. The molecule has 0 heterocycles. The van der Waals surface area contributed by atoms with Crippen molar-refractivity contribution in [3.63, 3.8) is 0 Å². The monoisotopic (exact) mass is 228 g/mol. The van der Waals surface area contributed by atoms with Gasteiger partial charge in [-0.25, -0.2) is 0 Å². The van der Waals surface area contributed by atoms with E-state index in [0.29, 0.717) is 11.5 Å². The van der Waals surface area contributed by atoms with E-state index in [9.17, 15) is 0 Å². The molecule has 2 saturated carbocycles. The highest BCUT2D eigenvalue weighted by atomic mass is 28.4. The molecule has 2 fully saturated rings. The highest BCUT2D eigenvalue weighted by molar-refractivity contribution is 6.62. The van der Waals surface area contributed by atoms with Gasteiger partial charge in [0.15, 0.2) is 0 Å². The molecular weight excluding hydrogens is 208 g/mol. The van der Waals surface area contributed by atoms with Gasteiger partial charge in [-0.1, -0.05) is 6.08 Å². The van der Waals surface area contributed by atoms with Crippen LogP contribution in [0.25, 0.3) is 0 Å². The Morgan fingerprint density at radius 2 is 1.73 bits per heavy atom. The fraction of sp³-hybridized carbons (Fsp3) is 0.818. The van der Waals surface area contributed by atoms with Gasteiger partial charge in [0.05, 0.1) is 0 Å². The van der Waals surface area contributed by atoms with Crippen molar-refractivity contribution >= 4 is 8.80 Å². The molecule has 0 spiro atoms. The number of hydrogen-bond acceptors (Lipinski definition) is 3. The van der Waals surface area contributed by atoms with Gasteiger partial charge < -0.3 is 13.3 Å². The van der Waals surface area contributed by atoms with Crippen molar-refractivity contribution in [1.29, 1.82) is 0 Å². The summed E-state index contributed by atoms with van der Waals surface area (Å²) in [4.78, 5) is 0. The molecule has 0 aliphatic heterocycles. The standard InChI is InChI=1S/C11H20O3Si/c1-5-9-10-6-8(10)7-11(9)15(12-2,13-3)14-4/h5,8-11H,1,6-7H2,2-4H3. The van der Waals surface area contributed by atoms with Gasteiger partial charge in [-0.2, -0.15) is 0 Å². The molecule has 15 heavy (non-hydrogen) atoms. The maximum absolute atomic E-state index is 5.57. The molecule has 3 nitrogen and oxygen atoms in total. The van der Waals surface area contributed by atoms with E-state index in [4.69, 9.17) is 13.3 Å². The van der Waals surface area contributed by atoms with Crippen LogP contribution in [0, 0.1) is 17.8 Å². The molecule has 2 rings (SSSR count). The molecule has 4 unspecified atom stereocenters. The summed E-state index contributed by atoms with van der Waals surface area (Å²) in [7, 11) is 2.64.